The van der Waals surface area contributed by atoms with Gasteiger partial charge in [0.1, 0.15) is 5.75 Å². The number of thioether (sulfide) groups is 1. The van der Waals surface area contributed by atoms with Crippen molar-refractivity contribution < 1.29 is 9.53 Å². The molecule has 0 aliphatic carbocycles. The van der Waals surface area contributed by atoms with Crippen LogP contribution < -0.4 is 15.8 Å². The average molecular weight is 291 g/mol. The van der Waals surface area contributed by atoms with E-state index in [0.29, 0.717) is 18.8 Å². The molecule has 0 aromatic heterocycles. The Morgan fingerprint density at radius 3 is 2.94 bits per heavy atom. The van der Waals surface area contributed by atoms with Gasteiger partial charge in [-0.2, -0.15) is 0 Å². The van der Waals surface area contributed by atoms with Gasteiger partial charge in [0.2, 0.25) is 5.91 Å². The van der Waals surface area contributed by atoms with Crippen LogP contribution in [0.4, 0.5) is 0 Å². The fourth-order valence-corrected chi connectivity index (χ4v) is 1.99. The first-order chi connectivity index (χ1) is 8.26. The topological polar surface area (TPSA) is 64.3 Å². The van der Waals surface area contributed by atoms with E-state index in [0.717, 1.165) is 17.1 Å². The number of methoxy groups -OCH3 is 1. The number of carbonyl (C=O) groups is 1. The van der Waals surface area contributed by atoms with Gasteiger partial charge >= 0.3 is 0 Å². The molecule has 1 aromatic carbocycles. The fourth-order valence-electron chi connectivity index (χ4n) is 1.22. The molecule has 3 N–H and O–H groups in total. The first-order valence-electron chi connectivity index (χ1n) is 5.50. The van der Waals surface area contributed by atoms with Gasteiger partial charge in [-0.15, -0.1) is 24.2 Å². The molecular weight excluding hydrogens is 272 g/mol. The Labute approximate surface area is 118 Å². The Balaban J connectivity index is 0.00000289. The van der Waals surface area contributed by atoms with Crippen LogP contribution in [0.5, 0.6) is 5.75 Å². The highest BCUT2D eigenvalue weighted by Crippen LogP contribution is 2.22. The van der Waals surface area contributed by atoms with Gasteiger partial charge in [-0.05, 0) is 31.2 Å². The summed E-state index contributed by atoms with van der Waals surface area (Å²) in [6, 6.07) is 7.66. The minimum atomic E-state index is 0. The molecule has 102 valence electrons. The minimum absolute atomic E-state index is 0. The van der Waals surface area contributed by atoms with Crippen LogP contribution >= 0.6 is 24.2 Å². The summed E-state index contributed by atoms with van der Waals surface area (Å²) in [5, 5.41) is 2.81. The van der Waals surface area contributed by atoms with Gasteiger partial charge in [0.05, 0.1) is 12.9 Å². The van der Waals surface area contributed by atoms with Gasteiger partial charge in [0, 0.05) is 11.4 Å². The van der Waals surface area contributed by atoms with Gasteiger partial charge in [-0.3, -0.25) is 4.79 Å². The van der Waals surface area contributed by atoms with Gasteiger partial charge in [-0.1, -0.05) is 6.07 Å². The number of rotatable bonds is 7. The van der Waals surface area contributed by atoms with Crippen molar-refractivity contribution in [3.05, 3.63) is 24.3 Å². The molecule has 0 fully saturated rings. The van der Waals surface area contributed by atoms with Crippen LogP contribution in [0.2, 0.25) is 0 Å². The highest BCUT2D eigenvalue weighted by atomic mass is 35.5. The van der Waals surface area contributed by atoms with Crippen molar-refractivity contribution >= 4 is 30.1 Å². The maximum Gasteiger partial charge on any atom is 0.230 e. The van der Waals surface area contributed by atoms with E-state index in [9.17, 15) is 4.79 Å². The molecular formula is C12H19ClN2O2S. The normalized spacial score (nSPS) is 9.44. The number of halogens is 1. The molecule has 0 aliphatic heterocycles. The number of amides is 1. The Morgan fingerprint density at radius 1 is 1.50 bits per heavy atom. The van der Waals surface area contributed by atoms with Crippen molar-refractivity contribution in [2.75, 3.05) is 26.0 Å². The Morgan fingerprint density at radius 2 is 2.28 bits per heavy atom. The summed E-state index contributed by atoms with van der Waals surface area (Å²) in [5.74, 6) is 1.25. The van der Waals surface area contributed by atoms with Gasteiger partial charge in [0.15, 0.2) is 0 Å². The molecule has 0 heterocycles. The van der Waals surface area contributed by atoms with Crippen LogP contribution in [0, 0.1) is 0 Å². The second kappa shape index (κ2) is 10.1. The number of benzene rings is 1. The lowest BCUT2D eigenvalue weighted by atomic mass is 10.3. The summed E-state index contributed by atoms with van der Waals surface area (Å²) in [6.45, 7) is 1.25. The predicted molar refractivity (Wildman–Crippen MR) is 77.6 cm³/mol. The van der Waals surface area contributed by atoms with E-state index in [1.807, 2.05) is 24.3 Å². The summed E-state index contributed by atoms with van der Waals surface area (Å²) in [6.07, 6.45) is 0.815. The Kier molecular flexibility index (Phi) is 9.55. The van der Waals surface area contributed by atoms with Gasteiger partial charge in [-0.25, -0.2) is 0 Å². The molecule has 6 heteroatoms. The monoisotopic (exact) mass is 290 g/mol. The molecule has 0 aliphatic rings. The second-order valence-electron chi connectivity index (χ2n) is 3.46. The van der Waals surface area contributed by atoms with Crippen molar-refractivity contribution in [2.24, 2.45) is 5.73 Å². The highest BCUT2D eigenvalue weighted by molar-refractivity contribution is 8.00. The molecule has 0 saturated carbocycles. The Hall–Kier alpha value is -0.910. The molecule has 4 nitrogen and oxygen atoms in total. The first kappa shape index (κ1) is 17.1. The molecule has 0 saturated heterocycles. The van der Waals surface area contributed by atoms with Gasteiger partial charge in [0.25, 0.3) is 0 Å². The maximum atomic E-state index is 11.4. The lowest BCUT2D eigenvalue weighted by molar-refractivity contribution is -0.118. The summed E-state index contributed by atoms with van der Waals surface area (Å²) in [5.41, 5.74) is 5.34. The third kappa shape index (κ3) is 6.74. The number of nitrogens with one attached hydrogen (secondary N) is 1. The maximum absolute atomic E-state index is 11.4. The second-order valence-corrected chi connectivity index (χ2v) is 4.51. The van der Waals surface area contributed by atoms with E-state index in [2.05, 4.69) is 5.32 Å². The molecule has 1 amide bonds. The average Bonchev–Trinajstić information content (AvgIpc) is 2.37. The summed E-state index contributed by atoms with van der Waals surface area (Å²) in [7, 11) is 1.63. The molecule has 0 spiro atoms. The highest BCUT2D eigenvalue weighted by Gasteiger charge is 2.02. The summed E-state index contributed by atoms with van der Waals surface area (Å²) >= 11 is 1.49. The fraction of sp³-hybridized carbons (Fsp3) is 0.417. The van der Waals surface area contributed by atoms with Crippen LogP contribution in [0.15, 0.2) is 29.2 Å². The zero-order chi connectivity index (χ0) is 12.5. The van der Waals surface area contributed by atoms with Crippen LogP contribution in [0.3, 0.4) is 0 Å². The lowest BCUT2D eigenvalue weighted by Gasteiger charge is -2.05. The summed E-state index contributed by atoms with van der Waals surface area (Å²) in [4.78, 5) is 12.5. The lowest BCUT2D eigenvalue weighted by Crippen LogP contribution is -2.27. The zero-order valence-corrected chi connectivity index (χ0v) is 12.0. The van der Waals surface area contributed by atoms with Crippen LogP contribution in [0.1, 0.15) is 6.42 Å². The minimum Gasteiger partial charge on any atom is -0.497 e. The van der Waals surface area contributed by atoms with E-state index in [4.69, 9.17) is 10.5 Å². The third-order valence-electron chi connectivity index (χ3n) is 2.11. The Bertz CT molecular complexity index is 364. The molecule has 1 aromatic rings. The number of hydrogen-bond acceptors (Lipinski definition) is 4. The number of carbonyl (C=O) groups excluding carboxylic acids is 1. The predicted octanol–water partition coefficient (Wildman–Crippen LogP) is 1.67. The van der Waals surface area contributed by atoms with Crippen LogP contribution in [-0.2, 0) is 4.79 Å². The van der Waals surface area contributed by atoms with Crippen molar-refractivity contribution in [3.8, 4) is 5.75 Å². The molecule has 0 bridgehead atoms. The quantitative estimate of drug-likeness (QED) is 0.592. The van der Waals surface area contributed by atoms with Crippen molar-refractivity contribution in [3.63, 3.8) is 0 Å². The first-order valence-corrected chi connectivity index (χ1v) is 6.48. The van der Waals surface area contributed by atoms with E-state index >= 15 is 0 Å². The van der Waals surface area contributed by atoms with Crippen molar-refractivity contribution in [2.45, 2.75) is 11.3 Å². The van der Waals surface area contributed by atoms with E-state index < -0.39 is 0 Å². The van der Waals surface area contributed by atoms with Crippen molar-refractivity contribution in [1.82, 2.24) is 5.32 Å². The standard InChI is InChI=1S/C12H18N2O2S.ClH/c1-16-10-4-2-5-11(8-10)17-9-12(15)14-7-3-6-13;/h2,4-5,8H,3,6-7,9,13H2,1H3,(H,14,15);1H. The molecule has 18 heavy (non-hydrogen) atoms. The summed E-state index contributed by atoms with van der Waals surface area (Å²) < 4.78 is 5.11. The van der Waals surface area contributed by atoms with E-state index in [1.165, 1.54) is 11.8 Å². The number of hydrogen-bond donors (Lipinski definition) is 2. The number of nitrogens with two attached hydrogens (primary N) is 1. The molecule has 0 unspecified atom stereocenters. The number of ether oxygens (including phenoxy) is 1. The third-order valence-corrected chi connectivity index (χ3v) is 3.11. The van der Waals surface area contributed by atoms with Gasteiger partial charge < -0.3 is 15.8 Å². The molecule has 0 radical (unpaired) electrons. The molecule has 0 atom stereocenters. The largest absolute Gasteiger partial charge is 0.497 e. The van der Waals surface area contributed by atoms with E-state index in [-0.39, 0.29) is 18.3 Å². The zero-order valence-electron chi connectivity index (χ0n) is 10.3. The smallest absolute Gasteiger partial charge is 0.230 e. The van der Waals surface area contributed by atoms with Crippen molar-refractivity contribution in [1.29, 1.82) is 0 Å². The van der Waals surface area contributed by atoms with Crippen LogP contribution in [-0.4, -0.2) is 31.9 Å². The van der Waals surface area contributed by atoms with E-state index in [1.54, 1.807) is 7.11 Å². The van der Waals surface area contributed by atoms with Crippen LogP contribution in [0.25, 0.3) is 0 Å². The molecule has 1 rings (SSSR count). The SMILES string of the molecule is COc1cccc(SCC(=O)NCCCN)c1.Cl.